The minimum absolute atomic E-state index is 0.124. The third kappa shape index (κ3) is 6.09. The molecule has 1 rings (SSSR count). The van der Waals surface area contributed by atoms with Crippen molar-refractivity contribution >= 4 is 11.6 Å². The number of aliphatic hydroxyl groups excluding tert-OH is 1. The van der Waals surface area contributed by atoms with Crippen LogP contribution < -0.4 is 10.1 Å². The predicted molar refractivity (Wildman–Crippen MR) is 83.5 cm³/mol. The molecule has 20 heavy (non-hydrogen) atoms. The van der Waals surface area contributed by atoms with Crippen molar-refractivity contribution in [2.45, 2.75) is 20.4 Å². The second-order valence-electron chi connectivity index (χ2n) is 4.53. The van der Waals surface area contributed by atoms with Crippen molar-refractivity contribution in [2.24, 2.45) is 0 Å². The first kappa shape index (κ1) is 17.2. The van der Waals surface area contributed by atoms with Gasteiger partial charge in [-0.15, -0.1) is 0 Å². The summed E-state index contributed by atoms with van der Waals surface area (Å²) in [6, 6.07) is 5.64. The summed E-state index contributed by atoms with van der Waals surface area (Å²) in [4.78, 5) is 2.32. The molecule has 0 spiro atoms. The van der Waals surface area contributed by atoms with Crippen molar-refractivity contribution < 1.29 is 9.84 Å². The Morgan fingerprint density at radius 3 is 2.70 bits per heavy atom. The molecule has 4 nitrogen and oxygen atoms in total. The van der Waals surface area contributed by atoms with Gasteiger partial charge in [-0.2, -0.15) is 0 Å². The zero-order valence-corrected chi connectivity index (χ0v) is 13.1. The summed E-state index contributed by atoms with van der Waals surface area (Å²) in [5, 5.41) is 12.6. The van der Waals surface area contributed by atoms with Crippen LogP contribution in [0, 0.1) is 0 Å². The van der Waals surface area contributed by atoms with E-state index in [-0.39, 0.29) is 6.61 Å². The highest BCUT2D eigenvalue weighted by Gasteiger charge is 2.06. The van der Waals surface area contributed by atoms with Crippen molar-refractivity contribution in [3.05, 3.63) is 28.8 Å². The zero-order chi connectivity index (χ0) is 14.8. The maximum atomic E-state index is 8.80. The zero-order valence-electron chi connectivity index (χ0n) is 12.4. The Hall–Kier alpha value is -0.810. The van der Waals surface area contributed by atoms with Gasteiger partial charge < -0.3 is 20.1 Å². The number of ether oxygens (including phenoxy) is 1. The Balaban J connectivity index is 2.54. The second-order valence-corrected chi connectivity index (χ2v) is 4.96. The standard InChI is InChI=1S/C15H25ClN2O2/c1-3-18(4-2)8-10-20-15-6-5-14(16)11-13(15)12-17-7-9-19/h5-6,11,17,19H,3-4,7-10,12H2,1-2H3. The lowest BCUT2D eigenvalue weighted by Crippen LogP contribution is -2.28. The van der Waals surface area contributed by atoms with Crippen molar-refractivity contribution in [1.29, 1.82) is 0 Å². The first-order chi connectivity index (χ1) is 9.71. The van der Waals surface area contributed by atoms with Gasteiger partial charge in [0.1, 0.15) is 12.4 Å². The lowest BCUT2D eigenvalue weighted by atomic mass is 10.2. The van der Waals surface area contributed by atoms with Gasteiger partial charge in [-0.05, 0) is 31.3 Å². The highest BCUT2D eigenvalue weighted by Crippen LogP contribution is 2.22. The lowest BCUT2D eigenvalue weighted by Gasteiger charge is -2.19. The first-order valence-electron chi connectivity index (χ1n) is 7.16. The van der Waals surface area contributed by atoms with Crippen LogP contribution in [0.5, 0.6) is 5.75 Å². The minimum Gasteiger partial charge on any atom is -0.492 e. The molecule has 0 bridgehead atoms. The van der Waals surface area contributed by atoms with E-state index in [4.69, 9.17) is 21.4 Å². The van der Waals surface area contributed by atoms with Crippen LogP contribution in [0.1, 0.15) is 19.4 Å². The number of nitrogens with one attached hydrogen (secondary N) is 1. The van der Waals surface area contributed by atoms with E-state index in [1.807, 2.05) is 18.2 Å². The van der Waals surface area contributed by atoms with Crippen LogP contribution in [0.15, 0.2) is 18.2 Å². The van der Waals surface area contributed by atoms with E-state index in [9.17, 15) is 0 Å². The average Bonchev–Trinajstić information content (AvgIpc) is 2.46. The van der Waals surface area contributed by atoms with Gasteiger partial charge in [0.25, 0.3) is 0 Å². The van der Waals surface area contributed by atoms with E-state index < -0.39 is 0 Å². The lowest BCUT2D eigenvalue weighted by molar-refractivity contribution is 0.221. The molecular weight excluding hydrogens is 276 g/mol. The Bertz CT molecular complexity index is 384. The topological polar surface area (TPSA) is 44.7 Å². The summed E-state index contributed by atoms with van der Waals surface area (Å²) in [6.07, 6.45) is 0. The van der Waals surface area contributed by atoms with Gasteiger partial charge in [0.2, 0.25) is 0 Å². The number of nitrogens with zero attached hydrogens (tertiary/aromatic N) is 1. The summed E-state index contributed by atoms with van der Waals surface area (Å²) in [5.74, 6) is 0.854. The third-order valence-electron chi connectivity index (χ3n) is 3.19. The Labute approximate surface area is 126 Å². The number of hydrogen-bond donors (Lipinski definition) is 2. The fraction of sp³-hybridized carbons (Fsp3) is 0.600. The van der Waals surface area contributed by atoms with Gasteiger partial charge in [-0.25, -0.2) is 0 Å². The monoisotopic (exact) mass is 300 g/mol. The fourth-order valence-corrected chi connectivity index (χ4v) is 2.15. The minimum atomic E-state index is 0.124. The Morgan fingerprint density at radius 2 is 2.05 bits per heavy atom. The quantitative estimate of drug-likeness (QED) is 0.650. The molecule has 0 aliphatic carbocycles. The number of likely N-dealkylation sites (N-methyl/N-ethyl adjacent to an activating group) is 1. The SMILES string of the molecule is CCN(CC)CCOc1ccc(Cl)cc1CNCCO. The maximum absolute atomic E-state index is 8.80. The van der Waals surface area contributed by atoms with Crippen LogP contribution in [-0.4, -0.2) is 49.4 Å². The summed E-state index contributed by atoms with van der Waals surface area (Å²) in [6.45, 7) is 9.27. The highest BCUT2D eigenvalue weighted by atomic mass is 35.5. The largest absolute Gasteiger partial charge is 0.492 e. The molecule has 1 aromatic rings. The van der Waals surface area contributed by atoms with Crippen molar-refractivity contribution in [2.75, 3.05) is 39.4 Å². The Kier molecular flexibility index (Phi) is 8.62. The number of halogens is 1. The van der Waals surface area contributed by atoms with Gasteiger partial charge >= 0.3 is 0 Å². The molecule has 0 heterocycles. The van der Waals surface area contributed by atoms with E-state index >= 15 is 0 Å². The first-order valence-corrected chi connectivity index (χ1v) is 7.54. The molecule has 0 saturated carbocycles. The number of rotatable bonds is 10. The van der Waals surface area contributed by atoms with Gasteiger partial charge in [0.05, 0.1) is 6.61 Å². The molecule has 5 heteroatoms. The third-order valence-corrected chi connectivity index (χ3v) is 3.42. The molecule has 0 aromatic heterocycles. The molecule has 0 fully saturated rings. The normalized spacial score (nSPS) is 11.1. The highest BCUT2D eigenvalue weighted by molar-refractivity contribution is 6.30. The van der Waals surface area contributed by atoms with Crippen molar-refractivity contribution in [1.82, 2.24) is 10.2 Å². The molecule has 0 radical (unpaired) electrons. The summed E-state index contributed by atoms with van der Waals surface area (Å²) in [7, 11) is 0. The van der Waals surface area contributed by atoms with Crippen LogP contribution >= 0.6 is 11.6 Å². The summed E-state index contributed by atoms with van der Waals surface area (Å²) in [5.41, 5.74) is 1.02. The molecule has 2 N–H and O–H groups in total. The van der Waals surface area contributed by atoms with Gasteiger partial charge in [0, 0.05) is 30.2 Å². The van der Waals surface area contributed by atoms with Gasteiger partial charge in [-0.3, -0.25) is 0 Å². The molecule has 0 aliphatic rings. The number of benzene rings is 1. The van der Waals surface area contributed by atoms with Crippen LogP contribution in [0.4, 0.5) is 0 Å². The number of aliphatic hydroxyl groups is 1. The molecule has 1 aromatic carbocycles. The summed E-state index contributed by atoms with van der Waals surface area (Å²) >= 11 is 6.02. The van der Waals surface area contributed by atoms with E-state index in [0.717, 1.165) is 30.9 Å². The average molecular weight is 301 g/mol. The number of hydrogen-bond acceptors (Lipinski definition) is 4. The van der Waals surface area contributed by atoms with Crippen LogP contribution in [0.25, 0.3) is 0 Å². The van der Waals surface area contributed by atoms with Gasteiger partial charge in [0.15, 0.2) is 0 Å². The van der Waals surface area contributed by atoms with Crippen LogP contribution in [-0.2, 0) is 6.54 Å². The second kappa shape index (κ2) is 10.00. The molecule has 0 unspecified atom stereocenters. The predicted octanol–water partition coefficient (Wildman–Crippen LogP) is 2.14. The molecule has 0 atom stereocenters. The van der Waals surface area contributed by atoms with Gasteiger partial charge in [-0.1, -0.05) is 25.4 Å². The molecule has 0 saturated heterocycles. The smallest absolute Gasteiger partial charge is 0.123 e. The van der Waals surface area contributed by atoms with E-state index in [1.165, 1.54) is 0 Å². The van der Waals surface area contributed by atoms with E-state index in [0.29, 0.717) is 24.7 Å². The molecular formula is C15H25ClN2O2. The molecule has 0 aliphatic heterocycles. The van der Waals surface area contributed by atoms with Crippen molar-refractivity contribution in [3.63, 3.8) is 0 Å². The van der Waals surface area contributed by atoms with Crippen molar-refractivity contribution in [3.8, 4) is 5.75 Å². The summed E-state index contributed by atoms with van der Waals surface area (Å²) < 4.78 is 5.85. The van der Waals surface area contributed by atoms with Crippen LogP contribution in [0.2, 0.25) is 5.02 Å². The Morgan fingerprint density at radius 1 is 1.30 bits per heavy atom. The van der Waals surface area contributed by atoms with E-state index in [1.54, 1.807) is 0 Å². The fourth-order valence-electron chi connectivity index (χ4n) is 1.95. The maximum Gasteiger partial charge on any atom is 0.123 e. The van der Waals surface area contributed by atoms with Crippen LogP contribution in [0.3, 0.4) is 0 Å². The van der Waals surface area contributed by atoms with E-state index in [2.05, 4.69) is 24.1 Å². The molecule has 0 amide bonds. The molecule has 114 valence electrons.